The van der Waals surface area contributed by atoms with Gasteiger partial charge in [-0.15, -0.1) is 0 Å². The highest BCUT2D eigenvalue weighted by Crippen LogP contribution is 2.38. The van der Waals surface area contributed by atoms with Gasteiger partial charge < -0.3 is 14.6 Å². The highest BCUT2D eigenvalue weighted by molar-refractivity contribution is 5.92. The lowest BCUT2D eigenvalue weighted by Gasteiger charge is -2.28. The van der Waals surface area contributed by atoms with Gasteiger partial charge in [0.25, 0.3) is 0 Å². The molecule has 1 N–H and O–H groups in total. The molecule has 0 heterocycles. The van der Waals surface area contributed by atoms with Crippen LogP contribution in [0.1, 0.15) is 63.0 Å². The second-order valence-corrected chi connectivity index (χ2v) is 7.26. The second-order valence-electron chi connectivity index (χ2n) is 7.26. The molecule has 21 heavy (non-hydrogen) atoms. The summed E-state index contributed by atoms with van der Waals surface area (Å²) in [6.07, 6.45) is 0. The molecular weight excluding hydrogens is 268 g/mol. The summed E-state index contributed by atoms with van der Waals surface area (Å²) in [5.74, 6) is -0.595. The maximum absolute atomic E-state index is 11.6. The molecule has 0 aliphatic rings. The van der Waals surface area contributed by atoms with E-state index in [-0.39, 0.29) is 23.2 Å². The topological polar surface area (TPSA) is 55.8 Å². The van der Waals surface area contributed by atoms with Crippen molar-refractivity contribution in [2.75, 3.05) is 13.9 Å². The minimum Gasteiger partial charge on any atom is -0.478 e. The molecule has 1 aromatic carbocycles. The van der Waals surface area contributed by atoms with Gasteiger partial charge in [0.1, 0.15) is 11.3 Å². The van der Waals surface area contributed by atoms with Gasteiger partial charge in [-0.3, -0.25) is 0 Å². The third-order valence-electron chi connectivity index (χ3n) is 3.31. The molecule has 0 aliphatic heterocycles. The number of ether oxygens (including phenoxy) is 2. The predicted molar refractivity (Wildman–Crippen MR) is 83.3 cm³/mol. The number of hydrogen-bond acceptors (Lipinski definition) is 3. The number of aromatic carboxylic acids is 1. The van der Waals surface area contributed by atoms with Gasteiger partial charge in [-0.25, -0.2) is 4.79 Å². The summed E-state index contributed by atoms with van der Waals surface area (Å²) in [5, 5.41) is 9.52. The number of carboxylic acid groups (broad SMARTS) is 1. The molecule has 0 radical (unpaired) electrons. The van der Waals surface area contributed by atoms with Gasteiger partial charge in [0, 0.05) is 12.7 Å². The van der Waals surface area contributed by atoms with E-state index in [1.54, 1.807) is 6.07 Å². The van der Waals surface area contributed by atoms with E-state index in [2.05, 4.69) is 20.8 Å². The van der Waals surface area contributed by atoms with Crippen LogP contribution in [-0.4, -0.2) is 25.0 Å². The minimum absolute atomic E-state index is 0.0260. The van der Waals surface area contributed by atoms with Crippen LogP contribution < -0.4 is 4.74 Å². The predicted octanol–water partition coefficient (Wildman–Crippen LogP) is 3.96. The Bertz CT molecular complexity index is 519. The molecule has 4 heteroatoms. The van der Waals surface area contributed by atoms with Gasteiger partial charge in [0.2, 0.25) is 0 Å². The zero-order valence-corrected chi connectivity index (χ0v) is 14.0. The molecular formula is C17H26O4. The van der Waals surface area contributed by atoms with E-state index < -0.39 is 5.97 Å². The molecule has 0 fully saturated rings. The average molecular weight is 294 g/mol. The summed E-state index contributed by atoms with van der Waals surface area (Å²) in [4.78, 5) is 11.6. The van der Waals surface area contributed by atoms with Gasteiger partial charge in [-0.1, -0.05) is 47.6 Å². The van der Waals surface area contributed by atoms with Gasteiger partial charge in [0.15, 0.2) is 6.79 Å². The van der Waals surface area contributed by atoms with E-state index in [9.17, 15) is 9.90 Å². The Kier molecular flexibility index (Phi) is 5.05. The van der Waals surface area contributed by atoms with Crippen LogP contribution in [0.4, 0.5) is 0 Å². The number of benzene rings is 1. The Hall–Kier alpha value is -1.55. The maximum atomic E-state index is 11.6. The minimum atomic E-state index is -0.988. The van der Waals surface area contributed by atoms with E-state index in [0.717, 1.165) is 11.1 Å². The summed E-state index contributed by atoms with van der Waals surface area (Å²) in [7, 11) is 1.51. The number of rotatable bonds is 4. The van der Waals surface area contributed by atoms with Gasteiger partial charge >= 0.3 is 5.97 Å². The number of carboxylic acids is 1. The highest BCUT2D eigenvalue weighted by atomic mass is 16.7. The normalized spacial score (nSPS) is 12.3. The zero-order valence-electron chi connectivity index (χ0n) is 14.0. The van der Waals surface area contributed by atoms with Crippen molar-refractivity contribution in [3.63, 3.8) is 0 Å². The Morgan fingerprint density at radius 3 is 2.05 bits per heavy atom. The fourth-order valence-electron chi connectivity index (χ4n) is 2.05. The Balaban J connectivity index is 3.62. The van der Waals surface area contributed by atoms with Crippen LogP contribution in [-0.2, 0) is 15.6 Å². The lowest BCUT2D eigenvalue weighted by atomic mass is 9.79. The van der Waals surface area contributed by atoms with Crippen molar-refractivity contribution in [1.29, 1.82) is 0 Å². The van der Waals surface area contributed by atoms with Crippen LogP contribution in [0.2, 0.25) is 0 Å². The third kappa shape index (κ3) is 4.21. The van der Waals surface area contributed by atoms with Crippen LogP contribution in [0.5, 0.6) is 5.75 Å². The lowest BCUT2D eigenvalue weighted by molar-refractivity contribution is 0.0470. The summed E-state index contributed by atoms with van der Waals surface area (Å²) >= 11 is 0. The van der Waals surface area contributed by atoms with E-state index >= 15 is 0 Å². The summed E-state index contributed by atoms with van der Waals surface area (Å²) in [5.41, 5.74) is 1.68. The summed E-state index contributed by atoms with van der Waals surface area (Å²) in [6, 6.07) is 3.74. The Morgan fingerprint density at radius 2 is 1.67 bits per heavy atom. The van der Waals surface area contributed by atoms with Crippen molar-refractivity contribution in [1.82, 2.24) is 0 Å². The van der Waals surface area contributed by atoms with E-state index in [4.69, 9.17) is 9.47 Å². The lowest BCUT2D eigenvalue weighted by Crippen LogP contribution is -2.20. The summed E-state index contributed by atoms with van der Waals surface area (Å²) in [6.45, 7) is 12.3. The largest absolute Gasteiger partial charge is 0.478 e. The molecule has 0 aromatic heterocycles. The smallest absolute Gasteiger partial charge is 0.339 e. The first-order chi connectivity index (χ1) is 9.48. The van der Waals surface area contributed by atoms with Crippen LogP contribution in [0.25, 0.3) is 0 Å². The standard InChI is InChI=1S/C17H26O4/c1-16(2,3)11-8-12(15(18)19)14(21-10-20-7)13(9-11)17(4,5)6/h8-9H,10H2,1-7H3,(H,18,19). The molecule has 0 unspecified atom stereocenters. The molecule has 1 rings (SSSR count). The average Bonchev–Trinajstić information content (AvgIpc) is 2.32. The van der Waals surface area contributed by atoms with Crippen molar-refractivity contribution in [3.05, 3.63) is 28.8 Å². The second kappa shape index (κ2) is 6.06. The molecule has 0 saturated heterocycles. The van der Waals surface area contributed by atoms with Crippen molar-refractivity contribution in [2.24, 2.45) is 0 Å². The quantitative estimate of drug-likeness (QED) is 0.854. The number of methoxy groups -OCH3 is 1. The van der Waals surface area contributed by atoms with E-state index in [0.29, 0.717) is 5.75 Å². The fourth-order valence-corrected chi connectivity index (χ4v) is 2.05. The van der Waals surface area contributed by atoms with Crippen molar-refractivity contribution in [2.45, 2.75) is 52.4 Å². The van der Waals surface area contributed by atoms with Crippen LogP contribution in [0.3, 0.4) is 0 Å². The van der Waals surface area contributed by atoms with Crippen molar-refractivity contribution in [3.8, 4) is 5.75 Å². The molecule has 0 aliphatic carbocycles. The summed E-state index contributed by atoms with van der Waals surface area (Å²) < 4.78 is 10.5. The highest BCUT2D eigenvalue weighted by Gasteiger charge is 2.28. The fraction of sp³-hybridized carbons (Fsp3) is 0.588. The Morgan fingerprint density at radius 1 is 1.10 bits per heavy atom. The van der Waals surface area contributed by atoms with Gasteiger partial charge in [-0.2, -0.15) is 0 Å². The molecule has 0 amide bonds. The number of hydrogen-bond donors (Lipinski definition) is 1. The molecule has 0 atom stereocenters. The van der Waals surface area contributed by atoms with Crippen LogP contribution in [0.15, 0.2) is 12.1 Å². The molecule has 0 bridgehead atoms. The third-order valence-corrected chi connectivity index (χ3v) is 3.31. The SMILES string of the molecule is COCOc1c(C(=O)O)cc(C(C)(C)C)cc1C(C)(C)C. The monoisotopic (exact) mass is 294 g/mol. The van der Waals surface area contributed by atoms with E-state index in [1.165, 1.54) is 7.11 Å². The molecule has 0 spiro atoms. The zero-order chi connectivity index (χ0) is 16.4. The first-order valence-corrected chi connectivity index (χ1v) is 7.02. The number of carbonyl (C=O) groups is 1. The first-order valence-electron chi connectivity index (χ1n) is 7.02. The molecule has 4 nitrogen and oxygen atoms in total. The Labute approximate surface area is 127 Å². The van der Waals surface area contributed by atoms with Crippen molar-refractivity contribution < 1.29 is 19.4 Å². The molecule has 118 valence electrons. The van der Waals surface area contributed by atoms with Crippen molar-refractivity contribution >= 4 is 5.97 Å². The first kappa shape index (κ1) is 17.5. The maximum Gasteiger partial charge on any atom is 0.339 e. The molecule has 0 saturated carbocycles. The van der Waals surface area contributed by atoms with Gasteiger partial charge in [0.05, 0.1) is 0 Å². The van der Waals surface area contributed by atoms with Gasteiger partial charge in [-0.05, 0) is 22.5 Å². The molecule has 1 aromatic rings. The van der Waals surface area contributed by atoms with Crippen LogP contribution >= 0.6 is 0 Å². The van der Waals surface area contributed by atoms with E-state index in [1.807, 2.05) is 26.8 Å². The van der Waals surface area contributed by atoms with Crippen LogP contribution in [0, 0.1) is 0 Å².